The van der Waals surface area contributed by atoms with Gasteiger partial charge >= 0.3 is 0 Å². The number of nitrogens with two attached hydrogens (primary N) is 1. The van der Waals surface area contributed by atoms with Crippen molar-refractivity contribution in [2.24, 2.45) is 11.1 Å². The second-order valence-corrected chi connectivity index (χ2v) is 7.65. The fraction of sp³-hybridized carbons (Fsp3) is 0.600. The maximum atomic E-state index is 12.5. The average molecular weight is 345 g/mol. The van der Waals surface area contributed by atoms with Crippen molar-refractivity contribution in [3.63, 3.8) is 0 Å². The molecule has 1 aliphatic rings. The van der Waals surface area contributed by atoms with E-state index in [1.54, 1.807) is 12.1 Å². The minimum atomic E-state index is -0.0970. The molecule has 0 radical (unpaired) electrons. The number of benzene rings is 1. The Morgan fingerprint density at radius 1 is 1.20 bits per heavy atom. The number of rotatable bonds is 6. The number of anilines is 1. The molecule has 0 aromatic heterocycles. The molecule has 0 heterocycles. The molecule has 25 heavy (non-hydrogen) atoms. The van der Waals surface area contributed by atoms with Crippen molar-refractivity contribution < 1.29 is 9.59 Å². The minimum absolute atomic E-state index is 0.00910. The normalized spacial score (nSPS) is 16.5. The van der Waals surface area contributed by atoms with Crippen LogP contribution in [0.2, 0.25) is 0 Å². The summed E-state index contributed by atoms with van der Waals surface area (Å²) in [6, 6.07) is 5.46. The molecule has 0 bridgehead atoms. The summed E-state index contributed by atoms with van der Waals surface area (Å²) < 4.78 is 0. The van der Waals surface area contributed by atoms with Gasteiger partial charge in [0.05, 0.1) is 0 Å². The zero-order chi connectivity index (χ0) is 18.4. The zero-order valence-electron chi connectivity index (χ0n) is 15.7. The molecule has 2 rings (SSSR count). The molecule has 0 spiro atoms. The Kier molecular flexibility index (Phi) is 6.59. The summed E-state index contributed by atoms with van der Waals surface area (Å²) in [7, 11) is 0. The van der Waals surface area contributed by atoms with E-state index in [0.29, 0.717) is 18.5 Å². The molecule has 0 aliphatic heterocycles. The van der Waals surface area contributed by atoms with Crippen molar-refractivity contribution in [3.05, 3.63) is 29.3 Å². The van der Waals surface area contributed by atoms with E-state index >= 15 is 0 Å². The quantitative estimate of drug-likeness (QED) is 0.739. The first-order valence-electron chi connectivity index (χ1n) is 9.27. The second-order valence-electron chi connectivity index (χ2n) is 7.65. The molecular weight excluding hydrogens is 314 g/mol. The summed E-state index contributed by atoms with van der Waals surface area (Å²) in [6.07, 6.45) is 6.08. The molecule has 0 unspecified atom stereocenters. The molecule has 2 amide bonds. The molecule has 0 saturated heterocycles. The third-order valence-electron chi connectivity index (χ3n) is 5.07. The lowest BCUT2D eigenvalue weighted by molar-refractivity contribution is -0.118. The predicted molar refractivity (Wildman–Crippen MR) is 102 cm³/mol. The van der Waals surface area contributed by atoms with Gasteiger partial charge in [-0.05, 0) is 69.3 Å². The van der Waals surface area contributed by atoms with Crippen LogP contribution in [0, 0.1) is 12.3 Å². The van der Waals surface area contributed by atoms with Crippen molar-refractivity contribution in [1.29, 1.82) is 0 Å². The highest BCUT2D eigenvalue weighted by molar-refractivity contribution is 5.96. The molecule has 138 valence electrons. The summed E-state index contributed by atoms with van der Waals surface area (Å²) >= 11 is 0. The van der Waals surface area contributed by atoms with Crippen LogP contribution < -0.4 is 16.4 Å². The van der Waals surface area contributed by atoms with Gasteiger partial charge in [0, 0.05) is 23.7 Å². The van der Waals surface area contributed by atoms with Crippen LogP contribution in [0.1, 0.15) is 68.3 Å². The van der Waals surface area contributed by atoms with Gasteiger partial charge in [-0.15, -0.1) is 0 Å². The Morgan fingerprint density at radius 3 is 2.44 bits per heavy atom. The largest absolute Gasteiger partial charge is 0.350 e. The van der Waals surface area contributed by atoms with Crippen LogP contribution in [0.25, 0.3) is 0 Å². The summed E-state index contributed by atoms with van der Waals surface area (Å²) in [6.45, 7) is 6.32. The molecule has 1 aliphatic carbocycles. The lowest BCUT2D eigenvalue weighted by Crippen LogP contribution is -2.36. The van der Waals surface area contributed by atoms with E-state index in [-0.39, 0.29) is 23.3 Å². The van der Waals surface area contributed by atoms with E-state index < -0.39 is 0 Å². The third-order valence-corrected chi connectivity index (χ3v) is 5.07. The van der Waals surface area contributed by atoms with E-state index in [0.717, 1.165) is 36.9 Å². The third kappa shape index (κ3) is 5.30. The van der Waals surface area contributed by atoms with Gasteiger partial charge in [0.2, 0.25) is 5.91 Å². The Balaban J connectivity index is 2.02. The molecule has 5 nitrogen and oxygen atoms in total. The smallest absolute Gasteiger partial charge is 0.251 e. The summed E-state index contributed by atoms with van der Waals surface area (Å²) in [5.41, 5.74) is 8.18. The van der Waals surface area contributed by atoms with Crippen LogP contribution in [-0.4, -0.2) is 24.4 Å². The zero-order valence-corrected chi connectivity index (χ0v) is 15.7. The average Bonchev–Trinajstić information content (AvgIpc) is 2.56. The summed E-state index contributed by atoms with van der Waals surface area (Å²) in [5.74, 6) is -0.0879. The van der Waals surface area contributed by atoms with Gasteiger partial charge in [0.25, 0.3) is 5.91 Å². The number of nitrogens with one attached hydrogen (secondary N) is 2. The second kappa shape index (κ2) is 8.48. The van der Waals surface area contributed by atoms with Crippen LogP contribution in [0.5, 0.6) is 0 Å². The van der Waals surface area contributed by atoms with Crippen molar-refractivity contribution >= 4 is 17.5 Å². The van der Waals surface area contributed by atoms with Crippen LogP contribution in [-0.2, 0) is 4.79 Å². The molecule has 5 heteroatoms. The van der Waals surface area contributed by atoms with E-state index in [1.807, 2.05) is 26.8 Å². The van der Waals surface area contributed by atoms with Crippen molar-refractivity contribution in [2.75, 3.05) is 11.9 Å². The highest BCUT2D eigenvalue weighted by Crippen LogP contribution is 2.38. The Labute approximate surface area is 150 Å². The first-order valence-corrected chi connectivity index (χ1v) is 9.27. The summed E-state index contributed by atoms with van der Waals surface area (Å²) in [5, 5.41) is 5.87. The highest BCUT2D eigenvalue weighted by Gasteiger charge is 2.33. The first kappa shape index (κ1) is 19.4. The minimum Gasteiger partial charge on any atom is -0.350 e. The van der Waals surface area contributed by atoms with E-state index in [4.69, 9.17) is 5.73 Å². The van der Waals surface area contributed by atoms with Crippen molar-refractivity contribution in [2.45, 2.75) is 65.3 Å². The number of aryl methyl sites for hydroxylation is 1. The van der Waals surface area contributed by atoms with E-state index in [9.17, 15) is 9.59 Å². The first-order chi connectivity index (χ1) is 11.8. The summed E-state index contributed by atoms with van der Waals surface area (Å²) in [4.78, 5) is 24.6. The van der Waals surface area contributed by atoms with Crippen LogP contribution in [0.15, 0.2) is 18.2 Å². The number of amides is 2. The maximum Gasteiger partial charge on any atom is 0.251 e. The van der Waals surface area contributed by atoms with Gasteiger partial charge in [0.15, 0.2) is 0 Å². The molecular formula is C20H31N3O2. The topological polar surface area (TPSA) is 84.2 Å². The standard InChI is InChI=1S/C20H31N3O2/c1-14(2)22-19(25)16-7-8-17(15(3)11-16)23-18(24)12-20(13-21)9-5-4-6-10-20/h7-8,11,14H,4-6,9-10,12-13,21H2,1-3H3,(H,22,25)(H,23,24). The SMILES string of the molecule is Cc1cc(C(=O)NC(C)C)ccc1NC(=O)CC1(CN)CCCCC1. The van der Waals surface area contributed by atoms with Crippen molar-refractivity contribution in [3.8, 4) is 0 Å². The molecule has 1 aromatic rings. The molecule has 1 saturated carbocycles. The number of hydrogen-bond acceptors (Lipinski definition) is 3. The monoisotopic (exact) mass is 345 g/mol. The molecule has 1 fully saturated rings. The lowest BCUT2D eigenvalue weighted by atomic mass is 9.71. The number of carbonyl (C=O) groups excluding carboxylic acids is 2. The van der Waals surface area contributed by atoms with Gasteiger partial charge < -0.3 is 16.4 Å². The Bertz CT molecular complexity index is 619. The lowest BCUT2D eigenvalue weighted by Gasteiger charge is -2.35. The molecule has 4 N–H and O–H groups in total. The Morgan fingerprint density at radius 2 is 1.88 bits per heavy atom. The van der Waals surface area contributed by atoms with Gasteiger partial charge in [-0.3, -0.25) is 9.59 Å². The van der Waals surface area contributed by atoms with Crippen molar-refractivity contribution in [1.82, 2.24) is 5.32 Å². The molecule has 0 atom stereocenters. The predicted octanol–water partition coefficient (Wildman–Crippen LogP) is 3.37. The maximum absolute atomic E-state index is 12.5. The number of hydrogen-bond donors (Lipinski definition) is 3. The van der Waals surface area contributed by atoms with E-state index in [1.165, 1.54) is 6.42 Å². The van der Waals surface area contributed by atoms with Gasteiger partial charge in [-0.25, -0.2) is 0 Å². The van der Waals surface area contributed by atoms with Gasteiger partial charge in [-0.2, -0.15) is 0 Å². The van der Waals surface area contributed by atoms with Gasteiger partial charge in [0.1, 0.15) is 0 Å². The molecule has 1 aromatic carbocycles. The van der Waals surface area contributed by atoms with Crippen LogP contribution in [0.3, 0.4) is 0 Å². The fourth-order valence-electron chi connectivity index (χ4n) is 3.58. The fourth-order valence-corrected chi connectivity index (χ4v) is 3.58. The highest BCUT2D eigenvalue weighted by atomic mass is 16.2. The number of carbonyl (C=O) groups is 2. The van der Waals surface area contributed by atoms with Gasteiger partial charge in [-0.1, -0.05) is 19.3 Å². The Hall–Kier alpha value is -1.88. The van der Waals surface area contributed by atoms with Crippen LogP contribution >= 0.6 is 0 Å². The van der Waals surface area contributed by atoms with E-state index in [2.05, 4.69) is 10.6 Å². The van der Waals surface area contributed by atoms with Crippen LogP contribution in [0.4, 0.5) is 5.69 Å².